The lowest BCUT2D eigenvalue weighted by Crippen LogP contribution is -2.46. The summed E-state index contributed by atoms with van der Waals surface area (Å²) in [6, 6.07) is 13.4. The van der Waals surface area contributed by atoms with Crippen LogP contribution in [0.2, 0.25) is 0 Å². The molecule has 1 atom stereocenters. The van der Waals surface area contributed by atoms with Gasteiger partial charge < -0.3 is 25.4 Å². The van der Waals surface area contributed by atoms with Gasteiger partial charge in [-0.2, -0.15) is 0 Å². The second kappa shape index (κ2) is 7.82. The first-order valence-corrected chi connectivity index (χ1v) is 8.40. The fourth-order valence-corrected chi connectivity index (χ4v) is 3.07. The summed E-state index contributed by atoms with van der Waals surface area (Å²) in [5, 5.41) is 8.32. The monoisotopic (exact) mass is 367 g/mol. The highest BCUT2D eigenvalue weighted by molar-refractivity contribution is 6.07. The molecular formula is C20H21N3O4. The van der Waals surface area contributed by atoms with Crippen LogP contribution in [0.25, 0.3) is 0 Å². The zero-order chi connectivity index (χ0) is 19.4. The summed E-state index contributed by atoms with van der Waals surface area (Å²) in [6.45, 7) is 1.69. The van der Waals surface area contributed by atoms with Crippen molar-refractivity contribution < 1.29 is 19.1 Å². The molecule has 140 valence electrons. The van der Waals surface area contributed by atoms with Gasteiger partial charge in [0.1, 0.15) is 11.5 Å². The number of benzene rings is 2. The van der Waals surface area contributed by atoms with Gasteiger partial charge in [-0.25, -0.2) is 4.79 Å². The molecule has 0 saturated heterocycles. The maximum absolute atomic E-state index is 13.1. The van der Waals surface area contributed by atoms with Crippen LogP contribution in [-0.4, -0.2) is 26.2 Å². The SMILES string of the molecule is COc1ccccc1NC(=O)C1=C(C)NC(=O)N[C@@H]1c1ccccc1OC. The number of methoxy groups -OCH3 is 2. The molecule has 0 saturated carbocycles. The Morgan fingerprint density at radius 1 is 1.00 bits per heavy atom. The van der Waals surface area contributed by atoms with Crippen LogP contribution >= 0.6 is 0 Å². The fraction of sp³-hybridized carbons (Fsp3) is 0.200. The fourth-order valence-electron chi connectivity index (χ4n) is 3.07. The molecule has 1 aliphatic heterocycles. The Morgan fingerprint density at radius 3 is 2.33 bits per heavy atom. The van der Waals surface area contributed by atoms with E-state index in [1.165, 1.54) is 7.11 Å². The minimum absolute atomic E-state index is 0.347. The Balaban J connectivity index is 2.00. The predicted molar refractivity (Wildman–Crippen MR) is 102 cm³/mol. The number of rotatable bonds is 5. The van der Waals surface area contributed by atoms with Crippen LogP contribution in [-0.2, 0) is 4.79 Å². The van der Waals surface area contributed by atoms with E-state index in [-0.39, 0.29) is 11.9 Å². The molecule has 27 heavy (non-hydrogen) atoms. The van der Waals surface area contributed by atoms with E-state index < -0.39 is 6.04 Å². The maximum atomic E-state index is 13.1. The summed E-state index contributed by atoms with van der Waals surface area (Å²) >= 11 is 0. The van der Waals surface area contributed by atoms with Gasteiger partial charge in [0.05, 0.1) is 31.5 Å². The summed E-state index contributed by atoms with van der Waals surface area (Å²) in [5.41, 5.74) is 2.10. The number of hydrogen-bond donors (Lipinski definition) is 3. The number of ether oxygens (including phenoxy) is 2. The van der Waals surface area contributed by atoms with Crippen LogP contribution < -0.4 is 25.4 Å². The highest BCUT2D eigenvalue weighted by atomic mass is 16.5. The van der Waals surface area contributed by atoms with Crippen LogP contribution in [0.4, 0.5) is 10.5 Å². The minimum atomic E-state index is -0.649. The molecule has 1 heterocycles. The first-order valence-electron chi connectivity index (χ1n) is 8.40. The lowest BCUT2D eigenvalue weighted by molar-refractivity contribution is -0.113. The Hall–Kier alpha value is -3.48. The standard InChI is InChI=1S/C20H21N3O4/c1-12-17(19(24)22-14-9-5-7-11-16(14)27-3)18(23-20(25)21-12)13-8-4-6-10-15(13)26-2/h4-11,18H,1-3H3,(H,22,24)(H2,21,23,25)/t18-/m1/s1. The molecule has 7 nitrogen and oxygen atoms in total. The van der Waals surface area contributed by atoms with Gasteiger partial charge in [-0.15, -0.1) is 0 Å². The van der Waals surface area contributed by atoms with Crippen molar-refractivity contribution in [1.29, 1.82) is 0 Å². The number of nitrogens with one attached hydrogen (secondary N) is 3. The van der Waals surface area contributed by atoms with Crippen molar-refractivity contribution in [2.75, 3.05) is 19.5 Å². The smallest absolute Gasteiger partial charge is 0.319 e. The number of urea groups is 1. The number of para-hydroxylation sites is 3. The van der Waals surface area contributed by atoms with Gasteiger partial charge in [-0.1, -0.05) is 30.3 Å². The first-order chi connectivity index (χ1) is 13.0. The molecule has 2 aromatic carbocycles. The number of anilines is 1. The van der Waals surface area contributed by atoms with Crippen molar-refractivity contribution in [3.8, 4) is 11.5 Å². The van der Waals surface area contributed by atoms with Crippen molar-refractivity contribution in [2.45, 2.75) is 13.0 Å². The van der Waals surface area contributed by atoms with Crippen LogP contribution in [0.5, 0.6) is 11.5 Å². The van der Waals surface area contributed by atoms with E-state index in [2.05, 4.69) is 16.0 Å². The van der Waals surface area contributed by atoms with Gasteiger partial charge in [-0.05, 0) is 25.1 Å². The molecule has 0 fully saturated rings. The lowest BCUT2D eigenvalue weighted by Gasteiger charge is -2.29. The van der Waals surface area contributed by atoms with Gasteiger partial charge in [0.2, 0.25) is 0 Å². The number of amides is 3. The molecule has 7 heteroatoms. The van der Waals surface area contributed by atoms with Crippen molar-refractivity contribution in [1.82, 2.24) is 10.6 Å². The van der Waals surface area contributed by atoms with E-state index in [0.717, 1.165) is 0 Å². The molecule has 0 radical (unpaired) electrons. The molecule has 3 N–H and O–H groups in total. The highest BCUT2D eigenvalue weighted by Crippen LogP contribution is 2.34. The van der Waals surface area contributed by atoms with E-state index >= 15 is 0 Å². The number of carbonyl (C=O) groups is 2. The summed E-state index contributed by atoms with van der Waals surface area (Å²) in [4.78, 5) is 25.1. The van der Waals surface area contributed by atoms with E-state index in [1.54, 1.807) is 38.3 Å². The molecule has 0 spiro atoms. The Bertz CT molecular complexity index is 908. The zero-order valence-electron chi connectivity index (χ0n) is 15.3. The summed E-state index contributed by atoms with van der Waals surface area (Å²) in [5.74, 6) is 0.784. The minimum Gasteiger partial charge on any atom is -0.496 e. The average Bonchev–Trinajstić information content (AvgIpc) is 2.67. The van der Waals surface area contributed by atoms with Crippen LogP contribution in [0.1, 0.15) is 18.5 Å². The Morgan fingerprint density at radius 2 is 1.63 bits per heavy atom. The van der Waals surface area contributed by atoms with Crippen LogP contribution in [0.15, 0.2) is 59.8 Å². The maximum Gasteiger partial charge on any atom is 0.319 e. The normalized spacial score (nSPS) is 16.3. The molecule has 3 rings (SSSR count). The zero-order valence-corrected chi connectivity index (χ0v) is 15.3. The van der Waals surface area contributed by atoms with Crippen LogP contribution in [0.3, 0.4) is 0 Å². The molecule has 3 amide bonds. The summed E-state index contributed by atoms with van der Waals surface area (Å²) in [6.07, 6.45) is 0. The number of allylic oxidation sites excluding steroid dienone is 1. The van der Waals surface area contributed by atoms with Crippen molar-refractivity contribution in [3.05, 3.63) is 65.4 Å². The third kappa shape index (κ3) is 3.72. The van der Waals surface area contributed by atoms with E-state index in [4.69, 9.17) is 9.47 Å². The third-order valence-electron chi connectivity index (χ3n) is 4.32. The third-order valence-corrected chi connectivity index (χ3v) is 4.32. The van der Waals surface area contributed by atoms with Gasteiger partial charge in [0, 0.05) is 11.3 Å². The topological polar surface area (TPSA) is 88.7 Å². The Labute approximate surface area is 157 Å². The number of carbonyl (C=O) groups excluding carboxylic acids is 2. The average molecular weight is 367 g/mol. The predicted octanol–water partition coefficient (Wildman–Crippen LogP) is 2.97. The largest absolute Gasteiger partial charge is 0.496 e. The summed E-state index contributed by atoms with van der Waals surface area (Å²) in [7, 11) is 3.09. The van der Waals surface area contributed by atoms with Gasteiger partial charge >= 0.3 is 6.03 Å². The molecular weight excluding hydrogens is 346 g/mol. The van der Waals surface area contributed by atoms with Gasteiger partial charge in [0.15, 0.2) is 0 Å². The van der Waals surface area contributed by atoms with E-state index in [0.29, 0.717) is 34.0 Å². The Kier molecular flexibility index (Phi) is 5.30. The number of hydrogen-bond acceptors (Lipinski definition) is 4. The summed E-state index contributed by atoms with van der Waals surface area (Å²) < 4.78 is 10.7. The molecule has 2 aromatic rings. The van der Waals surface area contributed by atoms with Crippen molar-refractivity contribution >= 4 is 17.6 Å². The highest BCUT2D eigenvalue weighted by Gasteiger charge is 2.33. The second-order valence-corrected chi connectivity index (χ2v) is 5.97. The van der Waals surface area contributed by atoms with Crippen molar-refractivity contribution in [3.63, 3.8) is 0 Å². The molecule has 1 aliphatic rings. The molecule has 0 unspecified atom stereocenters. The van der Waals surface area contributed by atoms with Gasteiger partial charge in [0.25, 0.3) is 5.91 Å². The van der Waals surface area contributed by atoms with Crippen LogP contribution in [0, 0.1) is 0 Å². The second-order valence-electron chi connectivity index (χ2n) is 5.97. The van der Waals surface area contributed by atoms with E-state index in [9.17, 15) is 9.59 Å². The van der Waals surface area contributed by atoms with Crippen molar-refractivity contribution in [2.24, 2.45) is 0 Å². The van der Waals surface area contributed by atoms with E-state index in [1.807, 2.05) is 24.3 Å². The molecule has 0 aromatic heterocycles. The first kappa shape index (κ1) is 18.3. The molecule has 0 aliphatic carbocycles. The van der Waals surface area contributed by atoms with Gasteiger partial charge in [-0.3, -0.25) is 4.79 Å². The lowest BCUT2D eigenvalue weighted by atomic mass is 9.94. The molecule has 0 bridgehead atoms. The quantitative estimate of drug-likeness (QED) is 0.758.